The second-order valence-corrected chi connectivity index (χ2v) is 28.2. The van der Waals surface area contributed by atoms with Crippen LogP contribution >= 0.6 is 0 Å². The van der Waals surface area contributed by atoms with Crippen LogP contribution in [0.3, 0.4) is 0 Å². The van der Waals surface area contributed by atoms with E-state index in [1.165, 1.54) is 276 Å². The monoisotopic (exact) mass is 1340 g/mol. The summed E-state index contributed by atoms with van der Waals surface area (Å²) in [6, 6.07) is -0.935. The molecular formula is C81H149NO13. The van der Waals surface area contributed by atoms with Gasteiger partial charge in [-0.2, -0.15) is 0 Å². The smallest absolute Gasteiger partial charge is 0.220 e. The van der Waals surface area contributed by atoms with Gasteiger partial charge in [-0.3, -0.25) is 4.79 Å². The van der Waals surface area contributed by atoms with E-state index < -0.39 is 86.8 Å². The number of aliphatic hydroxyl groups is 8. The summed E-state index contributed by atoms with van der Waals surface area (Å²) in [5, 5.41) is 87.6. The SMILES string of the molecule is CCCCCCC/C=C\C/C=C\C/C=C\CCCCCCCCCCCCCCCCCCCCC(=O)NC(COC1OC(CO)C(OC2OC(CO)C(O)C(O)C2O)C(O)C1O)C(O)/C=C/CC/C=C/CCCCCCCCCCCCCCCCCCCCCCCC. The van der Waals surface area contributed by atoms with Crippen molar-refractivity contribution in [2.45, 2.75) is 428 Å². The van der Waals surface area contributed by atoms with E-state index in [1.807, 2.05) is 6.08 Å². The average Bonchev–Trinajstić information content (AvgIpc) is 0.801. The third-order valence-electron chi connectivity index (χ3n) is 19.4. The van der Waals surface area contributed by atoms with E-state index in [2.05, 4.69) is 67.8 Å². The van der Waals surface area contributed by atoms with Gasteiger partial charge in [0.1, 0.15) is 48.8 Å². The molecular weight excluding hydrogens is 1190 g/mol. The maximum absolute atomic E-state index is 13.4. The number of carbonyl (C=O) groups is 1. The Morgan fingerprint density at radius 2 is 0.705 bits per heavy atom. The molecule has 0 aliphatic carbocycles. The zero-order valence-electron chi connectivity index (χ0n) is 60.9. The van der Waals surface area contributed by atoms with Gasteiger partial charge in [0.2, 0.25) is 5.91 Å². The molecule has 2 rings (SSSR count). The van der Waals surface area contributed by atoms with Crippen molar-refractivity contribution >= 4 is 5.91 Å². The minimum absolute atomic E-state index is 0.244. The van der Waals surface area contributed by atoms with Crippen LogP contribution in [0.4, 0.5) is 0 Å². The number of allylic oxidation sites excluding steroid dienone is 9. The molecule has 1 amide bonds. The number of ether oxygens (including phenoxy) is 4. The molecule has 0 spiro atoms. The normalized spacial score (nSPS) is 22.6. The van der Waals surface area contributed by atoms with Gasteiger partial charge in [0, 0.05) is 6.42 Å². The molecule has 95 heavy (non-hydrogen) atoms. The lowest BCUT2D eigenvalue weighted by atomic mass is 9.97. The maximum atomic E-state index is 13.4. The first kappa shape index (κ1) is 88.8. The Labute approximate surface area is 581 Å². The summed E-state index contributed by atoms with van der Waals surface area (Å²) in [7, 11) is 0. The van der Waals surface area contributed by atoms with Crippen molar-refractivity contribution in [1.29, 1.82) is 0 Å². The highest BCUT2D eigenvalue weighted by molar-refractivity contribution is 5.76. The van der Waals surface area contributed by atoms with Crippen molar-refractivity contribution in [2.75, 3.05) is 19.8 Å². The Balaban J connectivity index is 1.63. The average molecular weight is 1350 g/mol. The highest BCUT2D eigenvalue weighted by atomic mass is 16.7. The minimum Gasteiger partial charge on any atom is -0.394 e. The number of carbonyl (C=O) groups excluding carboxylic acids is 1. The quantitative estimate of drug-likeness (QED) is 0.0204. The first-order chi connectivity index (χ1) is 46.6. The third kappa shape index (κ3) is 48.2. The molecule has 12 unspecified atom stereocenters. The highest BCUT2D eigenvalue weighted by Crippen LogP contribution is 2.30. The molecule has 14 heteroatoms. The summed E-state index contributed by atoms with van der Waals surface area (Å²) < 4.78 is 22.9. The molecule has 14 nitrogen and oxygen atoms in total. The molecule has 12 atom stereocenters. The van der Waals surface area contributed by atoms with E-state index in [0.717, 1.165) is 44.9 Å². The van der Waals surface area contributed by atoms with Crippen LogP contribution in [0.2, 0.25) is 0 Å². The minimum atomic E-state index is -1.79. The van der Waals surface area contributed by atoms with Crippen LogP contribution in [0.25, 0.3) is 0 Å². The van der Waals surface area contributed by atoms with Gasteiger partial charge in [0.05, 0.1) is 32.0 Å². The molecule has 2 fully saturated rings. The van der Waals surface area contributed by atoms with Crippen LogP contribution in [0.1, 0.15) is 354 Å². The van der Waals surface area contributed by atoms with Crippen LogP contribution in [0, 0.1) is 0 Å². The van der Waals surface area contributed by atoms with Crippen molar-refractivity contribution in [3.63, 3.8) is 0 Å². The molecule has 2 heterocycles. The van der Waals surface area contributed by atoms with Crippen LogP contribution in [0.15, 0.2) is 60.8 Å². The summed E-state index contributed by atoms with van der Waals surface area (Å²) in [4.78, 5) is 13.4. The molecule has 0 aromatic carbocycles. The summed E-state index contributed by atoms with van der Waals surface area (Å²) in [6.07, 6.45) is 71.6. The Morgan fingerprint density at radius 3 is 1.11 bits per heavy atom. The summed E-state index contributed by atoms with van der Waals surface area (Å²) >= 11 is 0. The summed E-state index contributed by atoms with van der Waals surface area (Å²) in [6.45, 7) is 2.82. The van der Waals surface area contributed by atoms with Gasteiger partial charge in [0.25, 0.3) is 0 Å². The van der Waals surface area contributed by atoms with Crippen molar-refractivity contribution in [3.05, 3.63) is 60.8 Å². The van der Waals surface area contributed by atoms with E-state index in [-0.39, 0.29) is 18.9 Å². The van der Waals surface area contributed by atoms with Crippen LogP contribution in [-0.4, -0.2) is 140 Å². The largest absolute Gasteiger partial charge is 0.394 e. The van der Waals surface area contributed by atoms with Crippen molar-refractivity contribution < 1.29 is 64.6 Å². The maximum Gasteiger partial charge on any atom is 0.220 e. The van der Waals surface area contributed by atoms with Crippen molar-refractivity contribution in [1.82, 2.24) is 5.32 Å². The van der Waals surface area contributed by atoms with Gasteiger partial charge in [-0.15, -0.1) is 0 Å². The second kappa shape index (κ2) is 65.0. The molecule has 2 aliphatic heterocycles. The zero-order chi connectivity index (χ0) is 68.7. The van der Waals surface area contributed by atoms with E-state index in [9.17, 15) is 45.6 Å². The van der Waals surface area contributed by atoms with Gasteiger partial charge >= 0.3 is 0 Å². The number of nitrogens with one attached hydrogen (secondary N) is 1. The Kier molecular flexibility index (Phi) is 60.8. The molecule has 9 N–H and O–H groups in total. The Hall–Kier alpha value is -2.31. The number of aliphatic hydroxyl groups excluding tert-OH is 8. The van der Waals surface area contributed by atoms with Gasteiger partial charge in [-0.05, 0) is 70.6 Å². The van der Waals surface area contributed by atoms with Gasteiger partial charge in [0.15, 0.2) is 12.6 Å². The number of unbranched alkanes of at least 4 members (excludes halogenated alkanes) is 46. The van der Waals surface area contributed by atoms with Crippen LogP contribution in [-0.2, 0) is 23.7 Å². The van der Waals surface area contributed by atoms with Crippen LogP contribution < -0.4 is 5.32 Å². The molecule has 0 bridgehead atoms. The molecule has 556 valence electrons. The number of amides is 1. The van der Waals surface area contributed by atoms with Crippen molar-refractivity contribution in [2.24, 2.45) is 0 Å². The highest BCUT2D eigenvalue weighted by Gasteiger charge is 2.51. The summed E-state index contributed by atoms with van der Waals surface area (Å²) in [5.41, 5.74) is 0. The van der Waals surface area contributed by atoms with E-state index in [0.29, 0.717) is 12.8 Å². The number of hydrogen-bond donors (Lipinski definition) is 9. The second-order valence-electron chi connectivity index (χ2n) is 28.2. The first-order valence-electron chi connectivity index (χ1n) is 40.0. The molecule has 0 saturated carbocycles. The lowest BCUT2D eigenvalue weighted by Gasteiger charge is -2.46. The first-order valence-corrected chi connectivity index (χ1v) is 40.0. The predicted octanol–water partition coefficient (Wildman–Crippen LogP) is 18.0. The standard InChI is InChI=1S/C81H149NO13/c1-3-5-7-9-11-13-15-17-19-21-23-25-27-29-31-33-34-35-36-37-39-41-43-45-47-49-51-53-55-57-59-61-63-65-73(86)82-69(68-92-80-78(91)76(89)79(72(67-84)94-80)95-81-77(90)75(88)74(87)71(66-83)93-81)70(85)64-62-60-58-56-54-52-50-48-46-44-42-40-38-32-30-28-26-24-22-20-18-16-14-12-10-8-6-4-2/h15,17,21,23,27,29,54,56,62,64,69-72,74-81,83-85,87-91H,3-14,16,18-20,22,24-26,28,30-53,55,57-61,63,65-68H2,1-2H3,(H,82,86)/b17-15-,23-21-,29-27-,56-54+,64-62+. The number of hydrogen-bond acceptors (Lipinski definition) is 13. The molecule has 0 aromatic rings. The Morgan fingerprint density at radius 1 is 0.379 bits per heavy atom. The zero-order valence-corrected chi connectivity index (χ0v) is 60.9. The molecule has 0 aromatic heterocycles. The fraction of sp³-hybridized carbons (Fsp3) is 0.864. The fourth-order valence-electron chi connectivity index (χ4n) is 13.1. The number of rotatable bonds is 67. The fourth-order valence-corrected chi connectivity index (χ4v) is 13.1. The van der Waals surface area contributed by atoms with Gasteiger partial charge in [-0.1, -0.05) is 338 Å². The lowest BCUT2D eigenvalue weighted by Crippen LogP contribution is -2.65. The lowest BCUT2D eigenvalue weighted by molar-refractivity contribution is -0.359. The topological polar surface area (TPSA) is 228 Å². The predicted molar refractivity (Wildman–Crippen MR) is 392 cm³/mol. The van der Waals surface area contributed by atoms with E-state index >= 15 is 0 Å². The third-order valence-corrected chi connectivity index (χ3v) is 19.4. The molecule has 0 radical (unpaired) electrons. The van der Waals surface area contributed by atoms with E-state index in [4.69, 9.17) is 18.9 Å². The molecule has 2 aliphatic rings. The molecule has 2 saturated heterocycles. The Bertz CT molecular complexity index is 1830. The van der Waals surface area contributed by atoms with Gasteiger partial charge in [-0.25, -0.2) is 0 Å². The van der Waals surface area contributed by atoms with Crippen LogP contribution in [0.5, 0.6) is 0 Å². The van der Waals surface area contributed by atoms with Crippen molar-refractivity contribution in [3.8, 4) is 0 Å². The summed E-state index contributed by atoms with van der Waals surface area (Å²) in [5.74, 6) is -0.244. The van der Waals surface area contributed by atoms with E-state index in [1.54, 1.807) is 6.08 Å². The van der Waals surface area contributed by atoms with Gasteiger partial charge < -0.3 is 65.1 Å².